The lowest BCUT2D eigenvalue weighted by molar-refractivity contribution is 0.0725. The summed E-state index contributed by atoms with van der Waals surface area (Å²) in [5.74, 6) is 1.32. The number of benzene rings is 4. The fraction of sp³-hybridized carbons (Fsp3) is 0.200. The Bertz CT molecular complexity index is 1920. The van der Waals surface area contributed by atoms with E-state index in [1.54, 1.807) is 12.1 Å². The Labute approximate surface area is 265 Å². The first-order valence-corrected chi connectivity index (χ1v) is 15.5. The van der Waals surface area contributed by atoms with Crippen molar-refractivity contribution in [2.75, 3.05) is 11.9 Å². The summed E-state index contributed by atoms with van der Waals surface area (Å²) >= 11 is 13.0. The van der Waals surface area contributed by atoms with Crippen molar-refractivity contribution in [3.05, 3.63) is 130 Å². The fourth-order valence-electron chi connectivity index (χ4n) is 6.34. The van der Waals surface area contributed by atoms with E-state index in [-0.39, 0.29) is 23.9 Å². The van der Waals surface area contributed by atoms with Crippen molar-refractivity contribution in [1.82, 2.24) is 24.8 Å². The summed E-state index contributed by atoms with van der Waals surface area (Å²) in [6, 6.07) is 29.8. The molecule has 1 aliphatic rings. The molecule has 1 fully saturated rings. The molecule has 0 bridgehead atoms. The van der Waals surface area contributed by atoms with Gasteiger partial charge in [-0.05, 0) is 61.2 Å². The first kappa shape index (κ1) is 28.3. The van der Waals surface area contributed by atoms with Crippen LogP contribution in [0.25, 0.3) is 21.9 Å². The van der Waals surface area contributed by atoms with Crippen LogP contribution in [0.2, 0.25) is 10.0 Å². The summed E-state index contributed by atoms with van der Waals surface area (Å²) in [5.41, 5.74) is 5.16. The zero-order valence-corrected chi connectivity index (χ0v) is 25.6. The van der Waals surface area contributed by atoms with Gasteiger partial charge in [0.05, 0.1) is 33.2 Å². The number of anilines is 1. The number of carbonyl (C=O) groups is 1. The molecule has 4 aromatic carbocycles. The van der Waals surface area contributed by atoms with Crippen LogP contribution in [0.1, 0.15) is 59.0 Å². The normalized spacial score (nSPS) is 15.7. The zero-order valence-electron chi connectivity index (χ0n) is 24.0. The summed E-state index contributed by atoms with van der Waals surface area (Å²) in [4.78, 5) is 33.2. The summed E-state index contributed by atoms with van der Waals surface area (Å²) in [6.45, 7) is 2.67. The van der Waals surface area contributed by atoms with Crippen LogP contribution in [0, 0.1) is 0 Å². The highest BCUT2D eigenvalue weighted by atomic mass is 35.5. The maximum Gasteiger partial charge on any atom is 0.255 e. The van der Waals surface area contributed by atoms with Crippen molar-refractivity contribution in [1.29, 1.82) is 0 Å². The molecule has 6 aromatic rings. The van der Waals surface area contributed by atoms with Gasteiger partial charge in [-0.25, -0.2) is 15.0 Å². The molecule has 1 saturated heterocycles. The minimum Gasteiger partial charge on any atom is -0.360 e. The van der Waals surface area contributed by atoms with E-state index in [1.807, 2.05) is 42.2 Å². The van der Waals surface area contributed by atoms with Gasteiger partial charge in [0.25, 0.3) is 5.91 Å². The number of aromatic amines is 1. The van der Waals surface area contributed by atoms with Crippen LogP contribution in [-0.2, 0) is 0 Å². The average molecular weight is 622 g/mol. The highest BCUT2D eigenvalue weighted by Crippen LogP contribution is 2.38. The number of fused-ring (bicyclic) bond motifs is 2. The van der Waals surface area contributed by atoms with E-state index in [0.717, 1.165) is 35.1 Å². The van der Waals surface area contributed by atoms with Crippen LogP contribution in [0.3, 0.4) is 0 Å². The zero-order chi connectivity index (χ0) is 30.2. The number of aromatic nitrogens is 4. The Kier molecular flexibility index (Phi) is 7.66. The summed E-state index contributed by atoms with van der Waals surface area (Å²) in [7, 11) is 0. The van der Waals surface area contributed by atoms with E-state index in [1.165, 1.54) is 17.5 Å². The van der Waals surface area contributed by atoms with E-state index in [4.69, 9.17) is 28.2 Å². The van der Waals surface area contributed by atoms with Gasteiger partial charge in [-0.1, -0.05) is 83.9 Å². The largest absolute Gasteiger partial charge is 0.360 e. The van der Waals surface area contributed by atoms with Gasteiger partial charge in [-0.2, -0.15) is 0 Å². The van der Waals surface area contributed by atoms with Crippen LogP contribution in [0.5, 0.6) is 0 Å². The molecule has 1 aliphatic heterocycles. The van der Waals surface area contributed by atoms with Gasteiger partial charge in [0, 0.05) is 28.9 Å². The number of amides is 1. The molecule has 0 saturated carbocycles. The second-order valence-electron chi connectivity index (χ2n) is 11.2. The first-order chi connectivity index (χ1) is 21.5. The van der Waals surface area contributed by atoms with Crippen molar-refractivity contribution in [3.63, 3.8) is 0 Å². The SMILES string of the molecule is C[C@H](Nc1ncnc2cc(C(=O)N3CCC[C@H]3C(c3ccccc3)c3ccccc3)c(Cl)cc12)c1nc2cc(Cl)ccc2[nH]1. The number of carbonyl (C=O) groups excluding carboxylic acids is 1. The summed E-state index contributed by atoms with van der Waals surface area (Å²) in [5, 5.41) is 5.16. The Hall–Kier alpha value is -4.46. The van der Waals surface area contributed by atoms with E-state index < -0.39 is 0 Å². The van der Waals surface area contributed by atoms with Crippen LogP contribution >= 0.6 is 23.2 Å². The van der Waals surface area contributed by atoms with E-state index in [2.05, 4.69) is 68.8 Å². The third kappa shape index (κ3) is 5.38. The summed E-state index contributed by atoms with van der Waals surface area (Å²) < 4.78 is 0. The number of hydrogen-bond donors (Lipinski definition) is 2. The molecule has 0 spiro atoms. The van der Waals surface area contributed by atoms with Crippen LogP contribution in [-0.4, -0.2) is 43.3 Å². The number of rotatable bonds is 7. The molecule has 9 heteroatoms. The molecular formula is C35H30Cl2N6O. The molecule has 1 amide bonds. The molecule has 7 rings (SSSR count). The minimum atomic E-state index is -0.197. The van der Waals surface area contributed by atoms with Gasteiger partial charge in [-0.15, -0.1) is 0 Å². The highest BCUT2D eigenvalue weighted by molar-refractivity contribution is 6.35. The standard InChI is InChI=1S/C35H30Cl2N6O/c1-21(33-41-28-15-14-24(36)17-30(28)42-33)40-34-26-18-27(37)25(19-29(26)38-20-39-34)35(44)43-16-8-13-31(43)32(22-9-4-2-5-10-22)23-11-6-3-7-12-23/h2-7,9-12,14-15,17-21,31-32H,8,13,16H2,1H3,(H,41,42)(H,38,39,40)/t21-,31-/m0/s1. The Morgan fingerprint density at radius 2 is 1.66 bits per heavy atom. The molecule has 0 aliphatic carbocycles. The maximum atomic E-state index is 14.2. The lowest BCUT2D eigenvalue weighted by atomic mass is 9.83. The Balaban J connectivity index is 1.19. The van der Waals surface area contributed by atoms with Crippen LogP contribution in [0.15, 0.2) is 97.3 Å². The van der Waals surface area contributed by atoms with E-state index in [0.29, 0.717) is 33.5 Å². The van der Waals surface area contributed by atoms with Crippen LogP contribution in [0.4, 0.5) is 5.82 Å². The topological polar surface area (TPSA) is 86.8 Å². The van der Waals surface area contributed by atoms with E-state index >= 15 is 0 Å². The first-order valence-electron chi connectivity index (χ1n) is 14.7. The predicted octanol–water partition coefficient (Wildman–Crippen LogP) is 8.42. The van der Waals surface area contributed by atoms with Crippen molar-refractivity contribution in [2.24, 2.45) is 0 Å². The van der Waals surface area contributed by atoms with Gasteiger partial charge < -0.3 is 15.2 Å². The third-order valence-electron chi connectivity index (χ3n) is 8.44. The number of imidazole rings is 1. The van der Waals surface area contributed by atoms with Gasteiger partial charge in [0.15, 0.2) is 0 Å². The van der Waals surface area contributed by atoms with E-state index in [9.17, 15) is 4.79 Å². The van der Waals surface area contributed by atoms with Gasteiger partial charge in [0.1, 0.15) is 18.0 Å². The van der Waals surface area contributed by atoms with Gasteiger partial charge >= 0.3 is 0 Å². The minimum absolute atomic E-state index is 0.00114. The second-order valence-corrected chi connectivity index (χ2v) is 12.1. The molecule has 0 radical (unpaired) electrons. The third-order valence-corrected chi connectivity index (χ3v) is 8.99. The lowest BCUT2D eigenvalue weighted by Crippen LogP contribution is -2.39. The molecular weight excluding hydrogens is 591 g/mol. The molecule has 2 atom stereocenters. The molecule has 2 aromatic heterocycles. The second kappa shape index (κ2) is 11.9. The smallest absolute Gasteiger partial charge is 0.255 e. The highest BCUT2D eigenvalue weighted by Gasteiger charge is 2.37. The molecule has 7 nitrogen and oxygen atoms in total. The molecule has 220 valence electrons. The lowest BCUT2D eigenvalue weighted by Gasteiger charge is -2.33. The molecule has 3 heterocycles. The predicted molar refractivity (Wildman–Crippen MR) is 176 cm³/mol. The fourth-order valence-corrected chi connectivity index (χ4v) is 6.75. The number of halogens is 2. The van der Waals surface area contributed by atoms with Gasteiger partial charge in [0.2, 0.25) is 0 Å². The van der Waals surface area contributed by atoms with Crippen molar-refractivity contribution in [3.8, 4) is 0 Å². The number of nitrogens with one attached hydrogen (secondary N) is 2. The maximum absolute atomic E-state index is 14.2. The number of H-pyrrole nitrogens is 1. The molecule has 0 unspecified atom stereocenters. The quantitative estimate of drug-likeness (QED) is 0.187. The number of nitrogens with zero attached hydrogens (tertiary/aromatic N) is 4. The molecule has 44 heavy (non-hydrogen) atoms. The van der Waals surface area contributed by atoms with Gasteiger partial charge in [-0.3, -0.25) is 4.79 Å². The number of hydrogen-bond acceptors (Lipinski definition) is 5. The average Bonchev–Trinajstić information content (AvgIpc) is 3.69. The summed E-state index contributed by atoms with van der Waals surface area (Å²) in [6.07, 6.45) is 3.34. The van der Waals surface area contributed by atoms with Crippen molar-refractivity contribution < 1.29 is 4.79 Å². The monoisotopic (exact) mass is 620 g/mol. The molecule has 2 N–H and O–H groups in total. The Morgan fingerprint density at radius 1 is 0.932 bits per heavy atom. The number of likely N-dealkylation sites (tertiary alicyclic amines) is 1. The Morgan fingerprint density at radius 3 is 2.39 bits per heavy atom. The van der Waals surface area contributed by atoms with Crippen molar-refractivity contribution in [2.45, 2.75) is 37.8 Å². The van der Waals surface area contributed by atoms with Crippen LogP contribution < -0.4 is 5.32 Å². The van der Waals surface area contributed by atoms with Crippen molar-refractivity contribution >= 4 is 56.9 Å².